The van der Waals surface area contributed by atoms with Gasteiger partial charge in [0, 0.05) is 30.5 Å². The van der Waals surface area contributed by atoms with Crippen molar-refractivity contribution in [2.45, 2.75) is 58.1 Å². The van der Waals surface area contributed by atoms with E-state index < -0.39 is 0 Å². The maximum atomic E-state index is 6.05. The average molecular weight is 265 g/mol. The molecule has 0 aromatic rings. The van der Waals surface area contributed by atoms with Crippen molar-refractivity contribution in [2.24, 2.45) is 28.0 Å². The fourth-order valence-corrected chi connectivity index (χ4v) is 4.10. The van der Waals surface area contributed by atoms with Gasteiger partial charge in [-0.05, 0) is 31.6 Å². The molecule has 0 aromatic carbocycles. The van der Waals surface area contributed by atoms with Crippen molar-refractivity contribution >= 4 is 5.96 Å². The largest absolute Gasteiger partial charge is 0.377 e. The molecular formula is C15H27N3O. The van der Waals surface area contributed by atoms with Crippen LogP contribution in [0.4, 0.5) is 0 Å². The lowest BCUT2D eigenvalue weighted by Gasteiger charge is -2.63. The summed E-state index contributed by atoms with van der Waals surface area (Å²) in [5.41, 5.74) is 6.44. The molecule has 0 aromatic heterocycles. The second kappa shape index (κ2) is 4.97. The maximum absolute atomic E-state index is 6.05. The molecule has 1 saturated heterocycles. The highest BCUT2D eigenvalue weighted by Crippen LogP contribution is 2.62. The van der Waals surface area contributed by atoms with E-state index in [4.69, 9.17) is 10.5 Å². The molecular weight excluding hydrogens is 238 g/mol. The number of ether oxygens (including phenoxy) is 1. The third-order valence-electron chi connectivity index (χ3n) is 5.33. The lowest BCUT2D eigenvalue weighted by atomic mass is 9.46. The standard InChI is InChI=1S/C15H27N3O/c1-10(2)4-8-17-14(16)18-12-11-5-9-19-13(11)15(12)6-3-7-15/h10-13H,3-9H2,1-2H3,(H3,16,17,18). The van der Waals surface area contributed by atoms with Gasteiger partial charge in [-0.25, -0.2) is 0 Å². The molecule has 1 aliphatic heterocycles. The Balaban J connectivity index is 1.57. The summed E-state index contributed by atoms with van der Waals surface area (Å²) >= 11 is 0. The molecule has 0 amide bonds. The van der Waals surface area contributed by atoms with Crippen molar-refractivity contribution in [1.82, 2.24) is 5.32 Å². The minimum absolute atomic E-state index is 0.388. The van der Waals surface area contributed by atoms with E-state index in [1.165, 1.54) is 25.7 Å². The Morgan fingerprint density at radius 2 is 2.26 bits per heavy atom. The minimum Gasteiger partial charge on any atom is -0.377 e. The molecule has 0 radical (unpaired) electrons. The highest BCUT2D eigenvalue weighted by atomic mass is 16.5. The predicted octanol–water partition coefficient (Wildman–Crippen LogP) is 1.89. The van der Waals surface area contributed by atoms with Gasteiger partial charge in [0.25, 0.3) is 0 Å². The van der Waals surface area contributed by atoms with Crippen molar-refractivity contribution in [3.8, 4) is 0 Å². The van der Waals surface area contributed by atoms with Gasteiger partial charge in [0.2, 0.25) is 0 Å². The van der Waals surface area contributed by atoms with Crippen LogP contribution in [0.5, 0.6) is 0 Å². The van der Waals surface area contributed by atoms with Gasteiger partial charge in [-0.2, -0.15) is 0 Å². The second-order valence-corrected chi connectivity index (χ2v) is 6.90. The van der Waals surface area contributed by atoms with Crippen LogP contribution in [0.3, 0.4) is 0 Å². The van der Waals surface area contributed by atoms with Gasteiger partial charge in [0.15, 0.2) is 5.96 Å². The van der Waals surface area contributed by atoms with Crippen LogP contribution in [0.1, 0.15) is 46.0 Å². The Bertz CT molecular complexity index is 362. The molecule has 0 bridgehead atoms. The minimum atomic E-state index is 0.388. The fourth-order valence-electron chi connectivity index (χ4n) is 4.10. The highest BCUT2D eigenvalue weighted by Gasteiger charge is 2.66. The quantitative estimate of drug-likeness (QED) is 0.603. The van der Waals surface area contributed by atoms with E-state index in [0.717, 1.165) is 19.6 Å². The zero-order chi connectivity index (χ0) is 13.5. The summed E-state index contributed by atoms with van der Waals surface area (Å²) < 4.78 is 5.91. The number of nitrogens with two attached hydrogens (primary N) is 1. The molecule has 4 nitrogen and oxygen atoms in total. The van der Waals surface area contributed by atoms with E-state index in [9.17, 15) is 0 Å². The van der Waals surface area contributed by atoms with Crippen LogP contribution < -0.4 is 11.1 Å². The summed E-state index contributed by atoms with van der Waals surface area (Å²) in [7, 11) is 0. The van der Waals surface area contributed by atoms with Crippen molar-refractivity contribution in [3.63, 3.8) is 0 Å². The highest BCUT2D eigenvalue weighted by molar-refractivity contribution is 5.78. The van der Waals surface area contributed by atoms with Crippen molar-refractivity contribution in [2.75, 3.05) is 13.2 Å². The number of nitrogens with one attached hydrogen (secondary N) is 1. The molecule has 1 spiro atoms. The molecule has 2 aliphatic carbocycles. The van der Waals surface area contributed by atoms with Gasteiger partial charge < -0.3 is 15.8 Å². The van der Waals surface area contributed by atoms with Crippen molar-refractivity contribution in [3.05, 3.63) is 0 Å². The SMILES string of the molecule is CC(C)CCN=C(N)NC1C2CCOC2C12CCC2. The number of guanidine groups is 1. The summed E-state index contributed by atoms with van der Waals surface area (Å²) in [6.07, 6.45) is 6.73. The van der Waals surface area contributed by atoms with Crippen LogP contribution in [-0.2, 0) is 4.74 Å². The molecule has 1 heterocycles. The molecule has 2 saturated carbocycles. The van der Waals surface area contributed by atoms with Gasteiger partial charge in [0.05, 0.1) is 6.10 Å². The zero-order valence-corrected chi connectivity index (χ0v) is 12.2. The fraction of sp³-hybridized carbons (Fsp3) is 0.933. The summed E-state index contributed by atoms with van der Waals surface area (Å²) in [5.74, 6) is 1.99. The number of hydrogen-bond acceptors (Lipinski definition) is 2. The molecule has 3 unspecified atom stereocenters. The monoisotopic (exact) mass is 265 g/mol. The van der Waals surface area contributed by atoms with Gasteiger partial charge in [-0.15, -0.1) is 0 Å². The van der Waals surface area contributed by atoms with E-state index >= 15 is 0 Å². The molecule has 3 aliphatic rings. The summed E-state index contributed by atoms with van der Waals surface area (Å²) in [4.78, 5) is 4.47. The number of aliphatic imine (C=N–C) groups is 1. The van der Waals surface area contributed by atoms with Gasteiger partial charge in [0.1, 0.15) is 0 Å². The molecule has 3 rings (SSSR count). The van der Waals surface area contributed by atoms with E-state index in [1.54, 1.807) is 0 Å². The van der Waals surface area contributed by atoms with Crippen LogP contribution in [0.15, 0.2) is 4.99 Å². The number of fused-ring (bicyclic) bond motifs is 2. The summed E-state index contributed by atoms with van der Waals surface area (Å²) in [6.45, 7) is 6.20. The third kappa shape index (κ3) is 2.14. The molecule has 4 heteroatoms. The molecule has 19 heavy (non-hydrogen) atoms. The summed E-state index contributed by atoms with van der Waals surface area (Å²) in [5, 5.41) is 3.50. The normalized spacial score (nSPS) is 35.9. The number of hydrogen-bond donors (Lipinski definition) is 2. The Morgan fingerprint density at radius 3 is 2.89 bits per heavy atom. The Labute approximate surface area is 116 Å². The maximum Gasteiger partial charge on any atom is 0.188 e. The van der Waals surface area contributed by atoms with E-state index in [-0.39, 0.29) is 0 Å². The van der Waals surface area contributed by atoms with Gasteiger partial charge >= 0.3 is 0 Å². The smallest absolute Gasteiger partial charge is 0.188 e. The summed E-state index contributed by atoms with van der Waals surface area (Å²) in [6, 6.07) is 0.511. The van der Waals surface area contributed by atoms with E-state index in [2.05, 4.69) is 24.2 Å². The Hall–Kier alpha value is -0.770. The Morgan fingerprint density at radius 1 is 1.47 bits per heavy atom. The van der Waals surface area contributed by atoms with Crippen LogP contribution in [-0.4, -0.2) is 31.3 Å². The lowest BCUT2D eigenvalue weighted by molar-refractivity contribution is -0.171. The third-order valence-corrected chi connectivity index (χ3v) is 5.33. The first-order chi connectivity index (χ1) is 9.13. The zero-order valence-electron chi connectivity index (χ0n) is 12.2. The van der Waals surface area contributed by atoms with Gasteiger partial charge in [-0.1, -0.05) is 20.3 Å². The first kappa shape index (κ1) is 13.2. The van der Waals surface area contributed by atoms with Crippen LogP contribution in [0.25, 0.3) is 0 Å². The first-order valence-electron chi connectivity index (χ1n) is 7.81. The molecule has 3 fully saturated rings. The number of rotatable bonds is 4. The lowest BCUT2D eigenvalue weighted by Crippen LogP contribution is -2.72. The average Bonchev–Trinajstić information content (AvgIpc) is 2.69. The van der Waals surface area contributed by atoms with E-state index in [0.29, 0.717) is 35.4 Å². The van der Waals surface area contributed by atoms with Crippen LogP contribution >= 0.6 is 0 Å². The van der Waals surface area contributed by atoms with Crippen molar-refractivity contribution < 1.29 is 4.74 Å². The van der Waals surface area contributed by atoms with E-state index in [1.807, 2.05) is 0 Å². The molecule has 3 N–H and O–H groups in total. The predicted molar refractivity (Wildman–Crippen MR) is 77.0 cm³/mol. The number of nitrogens with zero attached hydrogens (tertiary/aromatic N) is 1. The Kier molecular flexibility index (Phi) is 3.46. The molecule has 108 valence electrons. The first-order valence-corrected chi connectivity index (χ1v) is 7.81. The topological polar surface area (TPSA) is 59.6 Å². The van der Waals surface area contributed by atoms with Crippen molar-refractivity contribution in [1.29, 1.82) is 0 Å². The van der Waals surface area contributed by atoms with Gasteiger partial charge in [-0.3, -0.25) is 4.99 Å². The second-order valence-electron chi connectivity index (χ2n) is 6.90. The van der Waals surface area contributed by atoms with Crippen LogP contribution in [0.2, 0.25) is 0 Å². The van der Waals surface area contributed by atoms with Crippen LogP contribution in [0, 0.1) is 17.3 Å². The molecule has 3 atom stereocenters.